The molecular weight excluding hydrogens is 396 g/mol. The molecule has 0 radical (unpaired) electrons. The molecule has 158 valence electrons. The number of ketones is 1. The van der Waals surface area contributed by atoms with Crippen molar-refractivity contribution in [3.63, 3.8) is 0 Å². The van der Waals surface area contributed by atoms with Gasteiger partial charge in [-0.05, 0) is 29.9 Å². The zero-order chi connectivity index (χ0) is 21.6. The number of benzene rings is 1. The Morgan fingerprint density at radius 1 is 1.31 bits per heavy atom. The third kappa shape index (κ3) is 6.56. The monoisotopic (exact) mass is 422 g/mol. The molecule has 9 heteroatoms. The zero-order valence-corrected chi connectivity index (χ0v) is 17.6. The van der Waals surface area contributed by atoms with Gasteiger partial charge in [-0.15, -0.1) is 11.8 Å². The molecule has 1 aromatic rings. The van der Waals surface area contributed by atoms with Crippen molar-refractivity contribution in [2.24, 2.45) is 17.8 Å². The Bertz CT molecular complexity index is 767. The van der Waals surface area contributed by atoms with E-state index >= 15 is 0 Å². The van der Waals surface area contributed by atoms with E-state index in [0.29, 0.717) is 6.54 Å². The molecule has 8 nitrogen and oxygen atoms in total. The third-order valence-corrected chi connectivity index (χ3v) is 6.04. The summed E-state index contributed by atoms with van der Waals surface area (Å²) in [4.78, 5) is 49.4. The average molecular weight is 423 g/mol. The van der Waals surface area contributed by atoms with Crippen LogP contribution in [0.1, 0.15) is 25.3 Å². The van der Waals surface area contributed by atoms with E-state index in [1.54, 1.807) is 25.7 Å². The number of nitrogens with zero attached hydrogens (tertiary/aromatic N) is 2. The Kier molecular flexibility index (Phi) is 8.19. The molecule has 3 atom stereocenters. The lowest BCUT2D eigenvalue weighted by atomic mass is 9.88. The van der Waals surface area contributed by atoms with Crippen molar-refractivity contribution in [3.8, 4) is 0 Å². The van der Waals surface area contributed by atoms with Crippen LogP contribution in [-0.4, -0.2) is 53.9 Å². The van der Waals surface area contributed by atoms with Crippen LogP contribution in [-0.2, 0) is 25.7 Å². The van der Waals surface area contributed by atoms with Crippen LogP contribution < -0.4 is 0 Å². The van der Waals surface area contributed by atoms with E-state index in [2.05, 4.69) is 0 Å². The lowest BCUT2D eigenvalue weighted by Crippen LogP contribution is -2.32. The summed E-state index contributed by atoms with van der Waals surface area (Å²) >= 11 is 1.63. The SMILES string of the molecule is CSc1ccc(CN(C)C(=O)COC(=O)C[C@H]2C(=O)C[C@H](C)[C@H]2C[N+](=O)[O-])cc1. The van der Waals surface area contributed by atoms with Crippen molar-refractivity contribution in [1.29, 1.82) is 0 Å². The molecule has 2 rings (SSSR count). The second-order valence-electron chi connectivity index (χ2n) is 7.40. The summed E-state index contributed by atoms with van der Waals surface area (Å²) in [5.41, 5.74) is 0.957. The van der Waals surface area contributed by atoms with Gasteiger partial charge in [-0.3, -0.25) is 24.5 Å². The molecule has 1 aliphatic carbocycles. The number of Topliss-reactive ketones (excluding diaryl/α,β-unsaturated/α-hetero) is 1. The van der Waals surface area contributed by atoms with Crippen LogP contribution in [0.4, 0.5) is 0 Å². The number of ether oxygens (including phenoxy) is 1. The minimum Gasteiger partial charge on any atom is -0.456 e. The van der Waals surface area contributed by atoms with E-state index in [9.17, 15) is 24.5 Å². The van der Waals surface area contributed by atoms with Crippen LogP contribution in [0.5, 0.6) is 0 Å². The summed E-state index contributed by atoms with van der Waals surface area (Å²) in [5.74, 6) is -2.54. The molecule has 0 aliphatic heterocycles. The average Bonchev–Trinajstić information content (AvgIpc) is 2.93. The largest absolute Gasteiger partial charge is 0.456 e. The molecule has 1 amide bonds. The van der Waals surface area contributed by atoms with Gasteiger partial charge in [-0.2, -0.15) is 0 Å². The summed E-state index contributed by atoms with van der Waals surface area (Å²) in [6.07, 6.45) is 1.99. The quantitative estimate of drug-likeness (QED) is 0.260. The van der Waals surface area contributed by atoms with Crippen molar-refractivity contribution in [2.45, 2.75) is 31.2 Å². The van der Waals surface area contributed by atoms with Gasteiger partial charge in [-0.25, -0.2) is 0 Å². The summed E-state index contributed by atoms with van der Waals surface area (Å²) < 4.78 is 5.04. The van der Waals surface area contributed by atoms with Crippen LogP contribution in [0.15, 0.2) is 29.2 Å². The van der Waals surface area contributed by atoms with Gasteiger partial charge >= 0.3 is 5.97 Å². The Morgan fingerprint density at radius 3 is 2.55 bits per heavy atom. The van der Waals surface area contributed by atoms with E-state index in [1.165, 1.54) is 4.90 Å². The highest BCUT2D eigenvalue weighted by Crippen LogP contribution is 2.36. The maximum Gasteiger partial charge on any atom is 0.307 e. The molecule has 29 heavy (non-hydrogen) atoms. The van der Waals surface area contributed by atoms with Crippen molar-refractivity contribution < 1.29 is 24.0 Å². The molecule has 0 saturated heterocycles. The van der Waals surface area contributed by atoms with Crippen LogP contribution in [0, 0.1) is 27.9 Å². The topological polar surface area (TPSA) is 107 Å². The zero-order valence-electron chi connectivity index (χ0n) is 16.8. The molecule has 0 N–H and O–H groups in total. The predicted molar refractivity (Wildman–Crippen MR) is 108 cm³/mol. The van der Waals surface area contributed by atoms with Crippen molar-refractivity contribution in [2.75, 3.05) is 26.5 Å². The van der Waals surface area contributed by atoms with Crippen molar-refractivity contribution in [3.05, 3.63) is 39.9 Å². The number of esters is 1. The molecule has 0 aromatic heterocycles. The number of hydrogen-bond donors (Lipinski definition) is 0. The van der Waals surface area contributed by atoms with Crippen LogP contribution in [0.3, 0.4) is 0 Å². The number of hydrogen-bond acceptors (Lipinski definition) is 7. The van der Waals surface area contributed by atoms with Gasteiger partial charge in [0.2, 0.25) is 6.54 Å². The van der Waals surface area contributed by atoms with Crippen LogP contribution >= 0.6 is 11.8 Å². The maximum atomic E-state index is 12.2. The second-order valence-corrected chi connectivity index (χ2v) is 8.28. The minimum absolute atomic E-state index is 0.143. The van der Waals surface area contributed by atoms with Gasteiger partial charge in [0.05, 0.1) is 6.42 Å². The lowest BCUT2D eigenvalue weighted by Gasteiger charge is -2.19. The number of nitro groups is 1. The predicted octanol–water partition coefficient (Wildman–Crippen LogP) is 2.42. The van der Waals surface area contributed by atoms with E-state index in [-0.39, 0.29) is 37.0 Å². The number of carbonyl (C=O) groups is 3. The number of likely N-dealkylation sites (N-methyl/N-ethyl adjacent to an activating group) is 1. The maximum absolute atomic E-state index is 12.2. The molecule has 1 fully saturated rings. The highest BCUT2D eigenvalue weighted by Gasteiger charge is 2.44. The van der Waals surface area contributed by atoms with Crippen molar-refractivity contribution in [1.82, 2.24) is 4.90 Å². The van der Waals surface area contributed by atoms with Crippen molar-refractivity contribution >= 4 is 29.4 Å². The Balaban J connectivity index is 1.83. The smallest absolute Gasteiger partial charge is 0.307 e. The fourth-order valence-corrected chi connectivity index (χ4v) is 3.99. The number of thioether (sulfide) groups is 1. The first-order chi connectivity index (χ1) is 13.7. The fraction of sp³-hybridized carbons (Fsp3) is 0.550. The molecule has 1 aliphatic rings. The van der Waals surface area contributed by atoms with Gasteiger partial charge in [0, 0.05) is 41.7 Å². The molecule has 1 aromatic carbocycles. The molecule has 0 bridgehead atoms. The number of amides is 1. The fourth-order valence-electron chi connectivity index (χ4n) is 3.58. The van der Waals surface area contributed by atoms with Gasteiger partial charge in [-0.1, -0.05) is 19.1 Å². The molecule has 0 spiro atoms. The first-order valence-corrected chi connectivity index (χ1v) is 10.6. The Hall–Kier alpha value is -2.42. The third-order valence-electron chi connectivity index (χ3n) is 5.29. The Morgan fingerprint density at radius 2 is 1.97 bits per heavy atom. The lowest BCUT2D eigenvalue weighted by molar-refractivity contribution is -0.490. The first kappa shape index (κ1) is 22.9. The van der Waals surface area contributed by atoms with Crippen LogP contribution in [0.25, 0.3) is 0 Å². The standard InChI is InChI=1S/C20H26N2O6S/c1-13-8-18(23)16(17(13)11-22(26)27)9-20(25)28-12-19(24)21(2)10-14-4-6-15(29-3)7-5-14/h4-7,13,16-17H,8-12H2,1-3H3/t13-,16+,17+/m0/s1. The van der Waals surface area contributed by atoms with E-state index in [1.807, 2.05) is 30.5 Å². The van der Waals surface area contributed by atoms with E-state index in [0.717, 1.165) is 10.5 Å². The van der Waals surface area contributed by atoms with Crippen LogP contribution in [0.2, 0.25) is 0 Å². The second kappa shape index (κ2) is 10.4. The number of carbonyl (C=O) groups excluding carboxylic acids is 3. The Labute approximate surface area is 174 Å². The molecule has 1 saturated carbocycles. The summed E-state index contributed by atoms with van der Waals surface area (Å²) in [6, 6.07) is 7.81. The van der Waals surface area contributed by atoms with Gasteiger partial charge in [0.15, 0.2) is 6.61 Å². The first-order valence-electron chi connectivity index (χ1n) is 9.38. The summed E-state index contributed by atoms with van der Waals surface area (Å²) in [5, 5.41) is 10.8. The molecular formula is C20H26N2O6S. The molecule has 0 heterocycles. The highest BCUT2D eigenvalue weighted by molar-refractivity contribution is 7.98. The van der Waals surface area contributed by atoms with Gasteiger partial charge < -0.3 is 9.64 Å². The number of rotatable bonds is 9. The summed E-state index contributed by atoms with van der Waals surface area (Å²) in [6.45, 7) is 1.40. The van der Waals surface area contributed by atoms with E-state index in [4.69, 9.17) is 4.74 Å². The molecule has 0 unspecified atom stereocenters. The summed E-state index contributed by atoms with van der Waals surface area (Å²) in [7, 11) is 1.62. The highest BCUT2D eigenvalue weighted by atomic mass is 32.2. The van der Waals surface area contributed by atoms with Gasteiger partial charge in [0.1, 0.15) is 5.78 Å². The van der Waals surface area contributed by atoms with E-state index < -0.39 is 29.3 Å². The van der Waals surface area contributed by atoms with Gasteiger partial charge in [0.25, 0.3) is 5.91 Å². The minimum atomic E-state index is -0.717. The normalized spacial score (nSPS) is 21.1.